The SMILES string of the molecule is CCC(C)C1CNc2c(cccc2OC(C)C)N1. The van der Waals surface area contributed by atoms with Crippen molar-refractivity contribution in [1.82, 2.24) is 0 Å². The van der Waals surface area contributed by atoms with Gasteiger partial charge in [-0.3, -0.25) is 0 Å². The Morgan fingerprint density at radius 3 is 2.78 bits per heavy atom. The molecule has 0 radical (unpaired) electrons. The lowest BCUT2D eigenvalue weighted by Crippen LogP contribution is -2.38. The molecule has 2 atom stereocenters. The highest BCUT2D eigenvalue weighted by atomic mass is 16.5. The van der Waals surface area contributed by atoms with Crippen LogP contribution in [0.5, 0.6) is 5.75 Å². The molecule has 1 aromatic rings. The topological polar surface area (TPSA) is 33.3 Å². The number of fused-ring (bicyclic) bond motifs is 1. The third-order valence-corrected chi connectivity index (χ3v) is 3.56. The van der Waals surface area contributed by atoms with Crippen molar-refractivity contribution < 1.29 is 4.74 Å². The fourth-order valence-corrected chi connectivity index (χ4v) is 2.28. The third kappa shape index (κ3) is 2.71. The standard InChI is InChI=1S/C15H24N2O/c1-5-11(4)13-9-16-15-12(17-13)7-6-8-14(15)18-10(2)3/h6-8,10-11,13,16-17H,5,9H2,1-4H3. The first-order chi connectivity index (χ1) is 8.61. The first-order valence-corrected chi connectivity index (χ1v) is 6.92. The second-order valence-corrected chi connectivity index (χ2v) is 5.36. The van der Waals surface area contributed by atoms with Crippen molar-refractivity contribution in [3.8, 4) is 5.75 Å². The molecule has 2 rings (SSSR count). The summed E-state index contributed by atoms with van der Waals surface area (Å²) in [6.07, 6.45) is 1.39. The molecule has 0 saturated carbocycles. The average Bonchev–Trinajstić information content (AvgIpc) is 2.37. The minimum Gasteiger partial charge on any atom is -0.489 e. The van der Waals surface area contributed by atoms with Gasteiger partial charge in [-0.1, -0.05) is 26.3 Å². The summed E-state index contributed by atoms with van der Waals surface area (Å²) in [4.78, 5) is 0. The fourth-order valence-electron chi connectivity index (χ4n) is 2.28. The molecule has 3 nitrogen and oxygen atoms in total. The maximum atomic E-state index is 5.83. The van der Waals surface area contributed by atoms with E-state index in [0.717, 1.165) is 23.7 Å². The van der Waals surface area contributed by atoms with Crippen LogP contribution in [-0.2, 0) is 0 Å². The van der Waals surface area contributed by atoms with E-state index < -0.39 is 0 Å². The quantitative estimate of drug-likeness (QED) is 0.852. The van der Waals surface area contributed by atoms with Crippen LogP contribution in [0.25, 0.3) is 0 Å². The molecule has 1 heterocycles. The summed E-state index contributed by atoms with van der Waals surface area (Å²) in [7, 11) is 0. The van der Waals surface area contributed by atoms with Gasteiger partial charge in [-0.25, -0.2) is 0 Å². The van der Waals surface area contributed by atoms with E-state index in [0.29, 0.717) is 12.0 Å². The number of hydrogen-bond donors (Lipinski definition) is 2. The second-order valence-electron chi connectivity index (χ2n) is 5.36. The van der Waals surface area contributed by atoms with Gasteiger partial charge < -0.3 is 15.4 Å². The summed E-state index contributed by atoms with van der Waals surface area (Å²) in [5, 5.41) is 7.13. The highest BCUT2D eigenvalue weighted by Gasteiger charge is 2.23. The molecule has 0 aliphatic carbocycles. The van der Waals surface area contributed by atoms with E-state index in [1.807, 2.05) is 12.1 Å². The minimum atomic E-state index is 0.200. The molecule has 0 spiro atoms. The van der Waals surface area contributed by atoms with Crippen LogP contribution in [0.1, 0.15) is 34.1 Å². The molecule has 0 fully saturated rings. The second kappa shape index (κ2) is 5.51. The first-order valence-electron chi connectivity index (χ1n) is 6.92. The van der Waals surface area contributed by atoms with Gasteiger partial charge in [-0.2, -0.15) is 0 Å². The lowest BCUT2D eigenvalue weighted by molar-refractivity contribution is 0.243. The number of anilines is 2. The Hall–Kier alpha value is -1.38. The Bertz CT molecular complexity index is 403. The molecular formula is C15H24N2O. The molecule has 1 aromatic carbocycles. The van der Waals surface area contributed by atoms with Gasteiger partial charge >= 0.3 is 0 Å². The molecule has 0 bridgehead atoms. The van der Waals surface area contributed by atoms with E-state index in [4.69, 9.17) is 4.74 Å². The zero-order valence-electron chi connectivity index (χ0n) is 11.8. The van der Waals surface area contributed by atoms with Crippen molar-refractivity contribution in [2.24, 2.45) is 5.92 Å². The summed E-state index contributed by atoms with van der Waals surface area (Å²) in [5.74, 6) is 1.61. The smallest absolute Gasteiger partial charge is 0.144 e. The van der Waals surface area contributed by atoms with Crippen LogP contribution in [0.2, 0.25) is 0 Å². The Morgan fingerprint density at radius 1 is 1.33 bits per heavy atom. The molecule has 2 N–H and O–H groups in total. The van der Waals surface area contributed by atoms with Gasteiger partial charge in [-0.05, 0) is 31.9 Å². The lowest BCUT2D eigenvalue weighted by Gasteiger charge is -2.33. The summed E-state index contributed by atoms with van der Waals surface area (Å²) in [6, 6.07) is 6.68. The molecule has 3 heteroatoms. The van der Waals surface area contributed by atoms with Crippen LogP contribution in [-0.4, -0.2) is 18.7 Å². The number of nitrogens with one attached hydrogen (secondary N) is 2. The van der Waals surface area contributed by atoms with Crippen LogP contribution in [0.4, 0.5) is 11.4 Å². The van der Waals surface area contributed by atoms with Crippen LogP contribution in [0.15, 0.2) is 18.2 Å². The van der Waals surface area contributed by atoms with Gasteiger partial charge in [-0.15, -0.1) is 0 Å². The Labute approximate surface area is 110 Å². The van der Waals surface area contributed by atoms with Gasteiger partial charge in [0, 0.05) is 12.6 Å². The largest absolute Gasteiger partial charge is 0.489 e. The molecule has 2 unspecified atom stereocenters. The Morgan fingerprint density at radius 2 is 2.11 bits per heavy atom. The molecule has 0 saturated heterocycles. The highest BCUT2D eigenvalue weighted by molar-refractivity contribution is 5.77. The van der Waals surface area contributed by atoms with Crippen molar-refractivity contribution in [2.45, 2.75) is 46.3 Å². The normalized spacial score (nSPS) is 19.7. The van der Waals surface area contributed by atoms with E-state index in [1.54, 1.807) is 0 Å². The molecule has 0 amide bonds. The fraction of sp³-hybridized carbons (Fsp3) is 0.600. The Balaban J connectivity index is 2.19. The number of benzene rings is 1. The van der Waals surface area contributed by atoms with Crippen molar-refractivity contribution >= 4 is 11.4 Å². The molecule has 18 heavy (non-hydrogen) atoms. The molecular weight excluding hydrogens is 224 g/mol. The molecule has 100 valence electrons. The van der Waals surface area contributed by atoms with Crippen LogP contribution < -0.4 is 15.4 Å². The highest BCUT2D eigenvalue weighted by Crippen LogP contribution is 2.37. The average molecular weight is 248 g/mol. The number of para-hydroxylation sites is 1. The van der Waals surface area contributed by atoms with Gasteiger partial charge in [0.05, 0.1) is 11.8 Å². The molecule has 1 aliphatic heterocycles. The van der Waals surface area contributed by atoms with E-state index in [1.165, 1.54) is 6.42 Å². The zero-order chi connectivity index (χ0) is 13.1. The van der Waals surface area contributed by atoms with Crippen molar-refractivity contribution in [1.29, 1.82) is 0 Å². The zero-order valence-corrected chi connectivity index (χ0v) is 11.8. The van der Waals surface area contributed by atoms with Crippen molar-refractivity contribution in [3.05, 3.63) is 18.2 Å². The van der Waals surface area contributed by atoms with E-state index in [2.05, 4.69) is 44.4 Å². The van der Waals surface area contributed by atoms with Crippen LogP contribution >= 0.6 is 0 Å². The summed E-state index contributed by atoms with van der Waals surface area (Å²) in [6.45, 7) is 9.59. The molecule has 0 aromatic heterocycles. The summed E-state index contributed by atoms with van der Waals surface area (Å²) in [5.41, 5.74) is 2.26. The van der Waals surface area contributed by atoms with Crippen LogP contribution in [0.3, 0.4) is 0 Å². The maximum Gasteiger partial charge on any atom is 0.144 e. The molecule has 1 aliphatic rings. The van der Waals surface area contributed by atoms with Crippen LogP contribution in [0, 0.1) is 5.92 Å². The van der Waals surface area contributed by atoms with E-state index in [-0.39, 0.29) is 6.10 Å². The van der Waals surface area contributed by atoms with Gasteiger partial charge in [0.25, 0.3) is 0 Å². The van der Waals surface area contributed by atoms with Gasteiger partial charge in [0.2, 0.25) is 0 Å². The Kier molecular flexibility index (Phi) is 4.00. The number of rotatable bonds is 4. The predicted molar refractivity (Wildman–Crippen MR) is 77.6 cm³/mol. The summed E-state index contributed by atoms with van der Waals surface area (Å²) < 4.78 is 5.83. The third-order valence-electron chi connectivity index (χ3n) is 3.56. The van der Waals surface area contributed by atoms with Gasteiger partial charge in [0.15, 0.2) is 0 Å². The minimum absolute atomic E-state index is 0.200. The summed E-state index contributed by atoms with van der Waals surface area (Å²) >= 11 is 0. The van der Waals surface area contributed by atoms with Crippen molar-refractivity contribution in [2.75, 3.05) is 17.2 Å². The predicted octanol–water partition coefficient (Wildman–Crippen LogP) is 3.73. The lowest BCUT2D eigenvalue weighted by atomic mass is 9.97. The van der Waals surface area contributed by atoms with Gasteiger partial charge in [0.1, 0.15) is 11.4 Å². The van der Waals surface area contributed by atoms with E-state index in [9.17, 15) is 0 Å². The first kappa shape index (κ1) is 13.1. The monoisotopic (exact) mass is 248 g/mol. The number of ether oxygens (including phenoxy) is 1. The van der Waals surface area contributed by atoms with E-state index >= 15 is 0 Å². The maximum absolute atomic E-state index is 5.83. The number of hydrogen-bond acceptors (Lipinski definition) is 3. The van der Waals surface area contributed by atoms with Crippen molar-refractivity contribution in [3.63, 3.8) is 0 Å².